The molecule has 0 aliphatic carbocycles. The van der Waals surface area contributed by atoms with Gasteiger partial charge in [0, 0.05) is 31.1 Å². The molecular formula is C13H16ClN3O4. The second-order valence-electron chi connectivity index (χ2n) is 4.28. The van der Waals surface area contributed by atoms with Gasteiger partial charge in [0.2, 0.25) is 5.91 Å². The Labute approximate surface area is 126 Å². The Bertz CT molecular complexity index is 548. The van der Waals surface area contributed by atoms with Crippen molar-refractivity contribution in [1.82, 2.24) is 10.6 Å². The Morgan fingerprint density at radius 1 is 1.29 bits per heavy atom. The molecule has 7 nitrogen and oxygen atoms in total. The second-order valence-corrected chi connectivity index (χ2v) is 4.69. The standard InChI is InChI=1S/C13H16ClN3O4/c1-2-6-15-12(18)5-7-16-13(19)9-3-4-10(14)11(8-9)17(20)21/h3-4,8H,2,5-7H2,1H3,(H,15,18)(H,16,19). The van der Waals surface area contributed by atoms with E-state index in [4.69, 9.17) is 11.6 Å². The third kappa shape index (κ3) is 5.39. The third-order valence-corrected chi connectivity index (χ3v) is 2.93. The molecule has 2 N–H and O–H groups in total. The van der Waals surface area contributed by atoms with Gasteiger partial charge in [-0.3, -0.25) is 19.7 Å². The van der Waals surface area contributed by atoms with Gasteiger partial charge in [-0.15, -0.1) is 0 Å². The van der Waals surface area contributed by atoms with Crippen LogP contribution in [0.4, 0.5) is 5.69 Å². The molecule has 0 saturated heterocycles. The van der Waals surface area contributed by atoms with Gasteiger partial charge in [0.25, 0.3) is 11.6 Å². The molecule has 114 valence electrons. The van der Waals surface area contributed by atoms with E-state index in [-0.39, 0.29) is 35.1 Å². The number of nitrogens with one attached hydrogen (secondary N) is 2. The van der Waals surface area contributed by atoms with Crippen LogP contribution in [0.15, 0.2) is 18.2 Å². The summed E-state index contributed by atoms with van der Waals surface area (Å²) in [5.74, 6) is -0.641. The first-order chi connectivity index (χ1) is 9.95. The lowest BCUT2D eigenvalue weighted by Gasteiger charge is -2.06. The fourth-order valence-electron chi connectivity index (χ4n) is 1.54. The number of rotatable bonds is 7. The molecule has 0 bridgehead atoms. The summed E-state index contributed by atoms with van der Waals surface area (Å²) in [5, 5.41) is 15.9. The number of amides is 2. The van der Waals surface area contributed by atoms with Gasteiger partial charge in [0.1, 0.15) is 5.02 Å². The van der Waals surface area contributed by atoms with Gasteiger partial charge in [-0.25, -0.2) is 0 Å². The number of nitro benzene ring substituents is 1. The van der Waals surface area contributed by atoms with E-state index in [1.807, 2.05) is 6.92 Å². The molecule has 1 rings (SSSR count). The summed E-state index contributed by atoms with van der Waals surface area (Å²) in [5.41, 5.74) is -0.204. The minimum Gasteiger partial charge on any atom is -0.356 e. The van der Waals surface area contributed by atoms with Crippen LogP contribution in [-0.2, 0) is 4.79 Å². The number of nitro groups is 1. The van der Waals surface area contributed by atoms with Crippen LogP contribution in [0.25, 0.3) is 0 Å². The van der Waals surface area contributed by atoms with Crippen LogP contribution < -0.4 is 10.6 Å². The summed E-state index contributed by atoms with van der Waals surface area (Å²) in [4.78, 5) is 33.2. The first-order valence-electron chi connectivity index (χ1n) is 6.44. The maximum absolute atomic E-state index is 11.8. The van der Waals surface area contributed by atoms with Crippen LogP contribution in [0.5, 0.6) is 0 Å². The number of halogens is 1. The molecule has 0 aromatic heterocycles. The number of carbonyl (C=O) groups is 2. The lowest BCUT2D eigenvalue weighted by molar-refractivity contribution is -0.384. The van der Waals surface area contributed by atoms with Crippen LogP contribution >= 0.6 is 11.6 Å². The van der Waals surface area contributed by atoms with Crippen LogP contribution in [0.2, 0.25) is 5.02 Å². The van der Waals surface area contributed by atoms with Gasteiger partial charge in [-0.1, -0.05) is 18.5 Å². The van der Waals surface area contributed by atoms with Gasteiger partial charge in [0.15, 0.2) is 0 Å². The smallest absolute Gasteiger partial charge is 0.288 e. The average Bonchev–Trinajstić information content (AvgIpc) is 2.45. The van der Waals surface area contributed by atoms with Crippen molar-refractivity contribution in [1.29, 1.82) is 0 Å². The molecule has 1 aromatic carbocycles. The summed E-state index contributed by atoms with van der Waals surface area (Å²) >= 11 is 5.66. The first-order valence-corrected chi connectivity index (χ1v) is 6.82. The fourth-order valence-corrected chi connectivity index (χ4v) is 1.72. The number of benzene rings is 1. The van der Waals surface area contributed by atoms with E-state index in [2.05, 4.69) is 10.6 Å². The second kappa shape index (κ2) is 8.21. The molecule has 0 aliphatic heterocycles. The Morgan fingerprint density at radius 2 is 2.00 bits per heavy atom. The molecule has 0 radical (unpaired) electrons. The molecule has 0 saturated carbocycles. The fraction of sp³-hybridized carbons (Fsp3) is 0.385. The predicted octanol–water partition coefficient (Wildman–Crippen LogP) is 1.89. The molecule has 0 heterocycles. The molecule has 0 fully saturated rings. The Hall–Kier alpha value is -2.15. The van der Waals surface area contributed by atoms with E-state index in [0.29, 0.717) is 6.54 Å². The van der Waals surface area contributed by atoms with Crippen LogP contribution in [0, 0.1) is 10.1 Å². The van der Waals surface area contributed by atoms with Crippen molar-refractivity contribution in [3.05, 3.63) is 38.9 Å². The number of nitrogens with zero attached hydrogens (tertiary/aromatic N) is 1. The topological polar surface area (TPSA) is 101 Å². The maximum atomic E-state index is 11.8. The van der Waals surface area contributed by atoms with Crippen LogP contribution in [0.1, 0.15) is 30.1 Å². The normalized spacial score (nSPS) is 10.0. The zero-order chi connectivity index (χ0) is 15.8. The highest BCUT2D eigenvalue weighted by Gasteiger charge is 2.16. The summed E-state index contributed by atoms with van der Waals surface area (Å²) < 4.78 is 0. The summed E-state index contributed by atoms with van der Waals surface area (Å²) in [7, 11) is 0. The molecule has 0 spiro atoms. The monoisotopic (exact) mass is 313 g/mol. The molecule has 0 atom stereocenters. The molecule has 1 aromatic rings. The van der Waals surface area contributed by atoms with Crippen molar-refractivity contribution >= 4 is 29.1 Å². The summed E-state index contributed by atoms with van der Waals surface area (Å²) in [6.07, 6.45) is 0.994. The molecule has 0 unspecified atom stereocenters. The highest BCUT2D eigenvalue weighted by Crippen LogP contribution is 2.24. The number of hydrogen-bond donors (Lipinski definition) is 2. The van der Waals surface area contributed by atoms with Crippen LogP contribution in [0.3, 0.4) is 0 Å². The van der Waals surface area contributed by atoms with E-state index in [0.717, 1.165) is 12.5 Å². The van der Waals surface area contributed by atoms with Crippen molar-refractivity contribution in [3.8, 4) is 0 Å². The Balaban J connectivity index is 2.55. The number of hydrogen-bond acceptors (Lipinski definition) is 4. The number of carbonyl (C=O) groups excluding carboxylic acids is 2. The van der Waals surface area contributed by atoms with Crippen molar-refractivity contribution < 1.29 is 14.5 Å². The zero-order valence-corrected chi connectivity index (χ0v) is 12.3. The quantitative estimate of drug-likeness (QED) is 0.593. The maximum Gasteiger partial charge on any atom is 0.288 e. The van der Waals surface area contributed by atoms with Crippen molar-refractivity contribution in [2.75, 3.05) is 13.1 Å². The van der Waals surface area contributed by atoms with E-state index >= 15 is 0 Å². The highest BCUT2D eigenvalue weighted by molar-refractivity contribution is 6.32. The molecule has 0 aliphatic rings. The highest BCUT2D eigenvalue weighted by atomic mass is 35.5. The lowest BCUT2D eigenvalue weighted by atomic mass is 10.2. The minimum atomic E-state index is -0.655. The Kier molecular flexibility index (Phi) is 6.61. The van der Waals surface area contributed by atoms with E-state index in [1.165, 1.54) is 12.1 Å². The predicted molar refractivity (Wildman–Crippen MR) is 78.4 cm³/mol. The average molecular weight is 314 g/mol. The third-order valence-electron chi connectivity index (χ3n) is 2.61. The lowest BCUT2D eigenvalue weighted by Crippen LogP contribution is -2.31. The zero-order valence-electron chi connectivity index (χ0n) is 11.5. The molecule has 21 heavy (non-hydrogen) atoms. The van der Waals surface area contributed by atoms with Gasteiger partial charge >= 0.3 is 0 Å². The van der Waals surface area contributed by atoms with Crippen LogP contribution in [-0.4, -0.2) is 29.8 Å². The first kappa shape index (κ1) is 16.9. The minimum absolute atomic E-state index is 0.0320. The van der Waals surface area contributed by atoms with E-state index in [9.17, 15) is 19.7 Å². The van der Waals surface area contributed by atoms with E-state index < -0.39 is 10.8 Å². The summed E-state index contributed by atoms with van der Waals surface area (Å²) in [6, 6.07) is 3.79. The van der Waals surface area contributed by atoms with E-state index in [1.54, 1.807) is 0 Å². The summed E-state index contributed by atoms with van der Waals surface area (Å²) in [6.45, 7) is 2.69. The van der Waals surface area contributed by atoms with Gasteiger partial charge in [0.05, 0.1) is 4.92 Å². The van der Waals surface area contributed by atoms with Crippen molar-refractivity contribution in [2.45, 2.75) is 19.8 Å². The van der Waals surface area contributed by atoms with Gasteiger partial charge in [-0.2, -0.15) is 0 Å². The van der Waals surface area contributed by atoms with Crippen molar-refractivity contribution in [3.63, 3.8) is 0 Å². The SMILES string of the molecule is CCCNC(=O)CCNC(=O)c1ccc(Cl)c([N+](=O)[O-])c1. The molecule has 2 amide bonds. The molecular weight excluding hydrogens is 298 g/mol. The van der Waals surface area contributed by atoms with Crippen molar-refractivity contribution in [2.24, 2.45) is 0 Å². The largest absolute Gasteiger partial charge is 0.356 e. The molecule has 8 heteroatoms. The van der Waals surface area contributed by atoms with Gasteiger partial charge < -0.3 is 10.6 Å². The Morgan fingerprint density at radius 3 is 2.62 bits per heavy atom. The van der Waals surface area contributed by atoms with Gasteiger partial charge in [-0.05, 0) is 18.6 Å².